The summed E-state index contributed by atoms with van der Waals surface area (Å²) in [6.07, 6.45) is 2.30. The molecule has 5 heteroatoms. The molecule has 5 nitrogen and oxygen atoms in total. The second-order valence-electron chi connectivity index (χ2n) is 4.50. The van der Waals surface area contributed by atoms with Crippen LogP contribution in [0.15, 0.2) is 36.5 Å². The lowest BCUT2D eigenvalue weighted by molar-refractivity contribution is 0.100. The molecule has 0 radical (unpaired) electrons. The minimum absolute atomic E-state index is 0.441. The Labute approximate surface area is 115 Å². The molecule has 0 bridgehead atoms. The first-order valence-electron chi connectivity index (χ1n) is 6.43. The summed E-state index contributed by atoms with van der Waals surface area (Å²) >= 11 is 0. The van der Waals surface area contributed by atoms with Crippen LogP contribution in [0.2, 0.25) is 0 Å². The van der Waals surface area contributed by atoms with Gasteiger partial charge in [0, 0.05) is 6.20 Å². The monoisotopic (exact) mass is 266 g/mol. The average Bonchev–Trinajstić information content (AvgIpc) is 2.89. The van der Waals surface area contributed by atoms with Crippen molar-refractivity contribution in [3.63, 3.8) is 0 Å². The van der Waals surface area contributed by atoms with E-state index in [1.54, 1.807) is 12.3 Å². The van der Waals surface area contributed by atoms with E-state index in [2.05, 4.69) is 15.0 Å². The maximum atomic E-state index is 11.6. The van der Waals surface area contributed by atoms with Crippen LogP contribution in [-0.4, -0.2) is 20.9 Å². The molecule has 100 valence electrons. The number of hydrogen-bond donors (Lipinski definition) is 2. The van der Waals surface area contributed by atoms with E-state index in [4.69, 9.17) is 5.73 Å². The topological polar surface area (TPSA) is 84.7 Å². The second kappa shape index (κ2) is 4.77. The van der Waals surface area contributed by atoms with Gasteiger partial charge in [-0.25, -0.2) is 4.98 Å². The first-order valence-corrected chi connectivity index (χ1v) is 6.43. The van der Waals surface area contributed by atoms with Gasteiger partial charge >= 0.3 is 0 Å². The van der Waals surface area contributed by atoms with Crippen LogP contribution in [0, 0.1) is 0 Å². The molecule has 0 unspecified atom stereocenters. The van der Waals surface area contributed by atoms with Crippen LogP contribution >= 0.6 is 0 Å². The van der Waals surface area contributed by atoms with Crippen LogP contribution in [0.4, 0.5) is 0 Å². The van der Waals surface area contributed by atoms with E-state index in [1.165, 1.54) is 0 Å². The lowest BCUT2D eigenvalue weighted by Gasteiger charge is -2.08. The number of H-pyrrole nitrogens is 1. The van der Waals surface area contributed by atoms with Crippen molar-refractivity contribution in [3.8, 4) is 11.4 Å². The Morgan fingerprint density at radius 2 is 2.10 bits per heavy atom. The molecular weight excluding hydrogens is 252 g/mol. The highest BCUT2D eigenvalue weighted by atomic mass is 16.1. The number of aromatic nitrogens is 3. The van der Waals surface area contributed by atoms with Gasteiger partial charge < -0.3 is 10.7 Å². The number of aryl methyl sites for hydroxylation is 1. The fourth-order valence-corrected chi connectivity index (χ4v) is 2.31. The SMILES string of the molecule is CCc1nccc(C(N)=O)c1-c1nc2ccccc2[nH]1. The first kappa shape index (κ1) is 12.3. The van der Waals surface area contributed by atoms with Crippen molar-refractivity contribution in [1.82, 2.24) is 15.0 Å². The standard InChI is InChI=1S/C15H14N4O/c1-2-10-13(9(14(16)20)7-8-17-10)15-18-11-5-3-4-6-12(11)19-15/h3-8H,2H2,1H3,(H2,16,20)(H,18,19). The maximum absolute atomic E-state index is 11.6. The highest BCUT2D eigenvalue weighted by molar-refractivity contribution is 6.00. The molecule has 20 heavy (non-hydrogen) atoms. The molecular formula is C15H14N4O. The minimum Gasteiger partial charge on any atom is -0.366 e. The van der Waals surface area contributed by atoms with Gasteiger partial charge in [-0.3, -0.25) is 9.78 Å². The number of hydrogen-bond acceptors (Lipinski definition) is 3. The Morgan fingerprint density at radius 3 is 2.80 bits per heavy atom. The molecule has 0 aliphatic carbocycles. The van der Waals surface area contributed by atoms with Gasteiger partial charge in [0.1, 0.15) is 5.82 Å². The van der Waals surface area contributed by atoms with Gasteiger partial charge in [-0.05, 0) is 24.6 Å². The highest BCUT2D eigenvalue weighted by Gasteiger charge is 2.17. The number of imidazole rings is 1. The number of nitrogens with one attached hydrogen (secondary N) is 1. The summed E-state index contributed by atoms with van der Waals surface area (Å²) in [5.74, 6) is 0.155. The third-order valence-corrected chi connectivity index (χ3v) is 3.26. The molecule has 3 N–H and O–H groups in total. The number of benzene rings is 1. The fourth-order valence-electron chi connectivity index (χ4n) is 2.31. The predicted molar refractivity (Wildman–Crippen MR) is 77.2 cm³/mol. The number of primary amides is 1. The molecule has 0 saturated carbocycles. The average molecular weight is 266 g/mol. The summed E-state index contributed by atoms with van der Waals surface area (Å²) in [6, 6.07) is 9.35. The predicted octanol–water partition coefficient (Wildman–Crippen LogP) is 2.29. The number of para-hydroxylation sites is 2. The lowest BCUT2D eigenvalue weighted by Crippen LogP contribution is -2.14. The molecule has 0 saturated heterocycles. The number of nitrogens with zero attached hydrogens (tertiary/aromatic N) is 2. The molecule has 0 spiro atoms. The summed E-state index contributed by atoms with van der Waals surface area (Å²) < 4.78 is 0. The van der Waals surface area contributed by atoms with Crippen LogP contribution < -0.4 is 5.73 Å². The molecule has 1 amide bonds. The van der Waals surface area contributed by atoms with Crippen LogP contribution in [0.25, 0.3) is 22.4 Å². The van der Waals surface area contributed by atoms with E-state index in [-0.39, 0.29) is 0 Å². The van der Waals surface area contributed by atoms with E-state index in [1.807, 2.05) is 31.2 Å². The maximum Gasteiger partial charge on any atom is 0.249 e. The molecule has 2 aromatic heterocycles. The van der Waals surface area contributed by atoms with Crippen molar-refractivity contribution >= 4 is 16.9 Å². The smallest absolute Gasteiger partial charge is 0.249 e. The molecule has 3 rings (SSSR count). The second-order valence-corrected chi connectivity index (χ2v) is 4.50. The minimum atomic E-state index is -0.474. The summed E-state index contributed by atoms with van der Waals surface area (Å²) in [7, 11) is 0. The number of carbonyl (C=O) groups excluding carboxylic acids is 1. The highest BCUT2D eigenvalue weighted by Crippen LogP contribution is 2.26. The number of amides is 1. The van der Waals surface area contributed by atoms with Crippen molar-refractivity contribution in [2.45, 2.75) is 13.3 Å². The van der Waals surface area contributed by atoms with E-state index < -0.39 is 5.91 Å². The first-order chi connectivity index (χ1) is 9.70. The zero-order valence-corrected chi connectivity index (χ0v) is 11.1. The van der Waals surface area contributed by atoms with Gasteiger partial charge in [-0.1, -0.05) is 19.1 Å². The molecule has 3 aromatic rings. The van der Waals surface area contributed by atoms with E-state index >= 15 is 0 Å². The summed E-state index contributed by atoms with van der Waals surface area (Å²) in [5.41, 5.74) is 9.17. The van der Waals surface area contributed by atoms with Crippen LogP contribution in [0.3, 0.4) is 0 Å². The number of fused-ring (bicyclic) bond motifs is 1. The Hall–Kier alpha value is -2.69. The fraction of sp³-hybridized carbons (Fsp3) is 0.133. The Balaban J connectivity index is 2.29. The zero-order chi connectivity index (χ0) is 14.1. The van der Waals surface area contributed by atoms with Crippen molar-refractivity contribution in [2.75, 3.05) is 0 Å². The van der Waals surface area contributed by atoms with Crippen molar-refractivity contribution in [2.24, 2.45) is 5.73 Å². The normalized spacial score (nSPS) is 10.8. The third kappa shape index (κ3) is 1.93. The Kier molecular flexibility index (Phi) is 2.95. The molecule has 0 atom stereocenters. The lowest BCUT2D eigenvalue weighted by atomic mass is 10.0. The number of rotatable bonds is 3. The zero-order valence-electron chi connectivity index (χ0n) is 11.1. The summed E-state index contributed by atoms with van der Waals surface area (Å²) in [5, 5.41) is 0. The van der Waals surface area contributed by atoms with E-state index in [0.29, 0.717) is 23.4 Å². The van der Waals surface area contributed by atoms with Crippen molar-refractivity contribution < 1.29 is 4.79 Å². The van der Waals surface area contributed by atoms with Crippen molar-refractivity contribution in [1.29, 1.82) is 0 Å². The van der Waals surface area contributed by atoms with Gasteiger partial charge in [0.05, 0.1) is 27.9 Å². The number of aromatic amines is 1. The Morgan fingerprint density at radius 1 is 1.30 bits per heavy atom. The quantitative estimate of drug-likeness (QED) is 0.762. The van der Waals surface area contributed by atoms with Gasteiger partial charge in [0.2, 0.25) is 5.91 Å². The van der Waals surface area contributed by atoms with Gasteiger partial charge in [-0.15, -0.1) is 0 Å². The van der Waals surface area contributed by atoms with Crippen LogP contribution in [-0.2, 0) is 6.42 Å². The van der Waals surface area contributed by atoms with Gasteiger partial charge in [-0.2, -0.15) is 0 Å². The molecule has 0 aliphatic heterocycles. The van der Waals surface area contributed by atoms with E-state index in [0.717, 1.165) is 16.7 Å². The third-order valence-electron chi connectivity index (χ3n) is 3.26. The van der Waals surface area contributed by atoms with Gasteiger partial charge in [0.25, 0.3) is 0 Å². The largest absolute Gasteiger partial charge is 0.366 e. The van der Waals surface area contributed by atoms with E-state index in [9.17, 15) is 4.79 Å². The number of pyridine rings is 1. The molecule has 1 aromatic carbocycles. The summed E-state index contributed by atoms with van der Waals surface area (Å²) in [4.78, 5) is 23.7. The number of nitrogens with two attached hydrogens (primary N) is 1. The summed E-state index contributed by atoms with van der Waals surface area (Å²) in [6.45, 7) is 1.99. The van der Waals surface area contributed by atoms with Crippen molar-refractivity contribution in [3.05, 3.63) is 47.8 Å². The Bertz CT molecular complexity index is 758. The van der Waals surface area contributed by atoms with Gasteiger partial charge in [0.15, 0.2) is 0 Å². The molecule has 0 fully saturated rings. The molecule has 0 aliphatic rings. The number of carbonyl (C=O) groups is 1. The van der Waals surface area contributed by atoms with Crippen LogP contribution in [0.1, 0.15) is 23.0 Å². The molecule has 2 heterocycles. The van der Waals surface area contributed by atoms with Crippen LogP contribution in [0.5, 0.6) is 0 Å².